The third kappa shape index (κ3) is 5.79. The number of amides is 1. The summed E-state index contributed by atoms with van der Waals surface area (Å²) in [5.74, 6) is -0.275. The second-order valence-corrected chi connectivity index (χ2v) is 10.2. The number of benzene rings is 2. The lowest BCUT2D eigenvalue weighted by Gasteiger charge is -2.33. The van der Waals surface area contributed by atoms with E-state index in [1.54, 1.807) is 36.8 Å². The molecule has 1 aliphatic rings. The maximum absolute atomic E-state index is 13.2. The van der Waals surface area contributed by atoms with E-state index in [0.29, 0.717) is 25.9 Å². The van der Waals surface area contributed by atoms with Crippen LogP contribution in [0.15, 0.2) is 55.0 Å². The minimum absolute atomic E-state index is 0.0273. The highest BCUT2D eigenvalue weighted by Crippen LogP contribution is 2.36. The molecule has 2 heterocycles. The number of nitrogens with zero attached hydrogens (tertiary/aromatic N) is 3. The van der Waals surface area contributed by atoms with Crippen LogP contribution in [0, 0.1) is 0 Å². The van der Waals surface area contributed by atoms with Crippen molar-refractivity contribution < 1.29 is 30.6 Å². The van der Waals surface area contributed by atoms with Crippen LogP contribution in [-0.2, 0) is 16.3 Å². The van der Waals surface area contributed by atoms with Crippen LogP contribution >= 0.6 is 11.6 Å². The zero-order valence-corrected chi connectivity index (χ0v) is 20.1. The third-order valence-corrected chi connectivity index (χ3v) is 6.55. The van der Waals surface area contributed by atoms with Gasteiger partial charge < -0.3 is 13.7 Å². The van der Waals surface area contributed by atoms with E-state index in [1.807, 2.05) is 4.57 Å². The molecule has 0 spiro atoms. The molecule has 0 atom stereocenters. The Morgan fingerprint density at radius 1 is 1.11 bits per heavy atom. The maximum Gasteiger partial charge on any atom is 0.417 e. The molecule has 12 heteroatoms. The van der Waals surface area contributed by atoms with Gasteiger partial charge in [0.05, 0.1) is 35.1 Å². The first-order valence-electron chi connectivity index (χ1n) is 10.6. The molecule has 7 nitrogen and oxygen atoms in total. The minimum atomic E-state index is -4.65. The van der Waals surface area contributed by atoms with Gasteiger partial charge in [0.1, 0.15) is 5.75 Å². The van der Waals surface area contributed by atoms with Crippen LogP contribution in [0.1, 0.15) is 34.8 Å². The fourth-order valence-corrected chi connectivity index (χ4v) is 4.77. The third-order valence-electron chi connectivity index (χ3n) is 5.73. The van der Waals surface area contributed by atoms with E-state index in [2.05, 4.69) is 4.98 Å². The average Bonchev–Trinajstić information content (AvgIpc) is 3.28. The molecular formula is C23H21ClF3N3O4S. The van der Waals surface area contributed by atoms with Crippen LogP contribution in [-0.4, -0.2) is 48.1 Å². The van der Waals surface area contributed by atoms with Gasteiger partial charge in [0, 0.05) is 30.3 Å². The number of alkyl halides is 3. The zero-order valence-electron chi connectivity index (χ0n) is 18.5. The second-order valence-electron chi connectivity index (χ2n) is 8.21. The first kappa shape index (κ1) is 25.1. The van der Waals surface area contributed by atoms with Crippen molar-refractivity contribution >= 4 is 27.6 Å². The molecule has 3 aromatic rings. The number of hydrogen-bond acceptors (Lipinski definition) is 5. The highest BCUT2D eigenvalue weighted by atomic mass is 35.5. The van der Waals surface area contributed by atoms with Crippen molar-refractivity contribution in [2.45, 2.75) is 25.1 Å². The summed E-state index contributed by atoms with van der Waals surface area (Å²) in [4.78, 5) is 18.6. The van der Waals surface area contributed by atoms with E-state index in [9.17, 15) is 26.4 Å². The van der Waals surface area contributed by atoms with Crippen molar-refractivity contribution in [1.29, 1.82) is 0 Å². The van der Waals surface area contributed by atoms with E-state index < -0.39 is 32.8 Å². The summed E-state index contributed by atoms with van der Waals surface area (Å²) in [7, 11) is -3.63. The number of aromatic nitrogens is 2. The molecule has 0 unspecified atom stereocenters. The molecule has 1 aromatic heterocycles. The number of rotatable bonds is 5. The fraction of sp³-hybridized carbons (Fsp3) is 0.304. The molecule has 1 saturated heterocycles. The lowest BCUT2D eigenvalue weighted by atomic mass is 10.0. The SMILES string of the molecule is CS(=O)(=O)Oc1ccc(-c2cncn2C2CCN(C(=O)c3ccc(Cl)c(C(F)(F)F)c3)CC2)cc1. The number of carbonyl (C=O) groups is 1. The van der Waals surface area contributed by atoms with Crippen LogP contribution in [0.3, 0.4) is 0 Å². The molecule has 0 saturated carbocycles. The largest absolute Gasteiger partial charge is 0.417 e. The molecule has 1 aliphatic heterocycles. The van der Waals surface area contributed by atoms with Gasteiger partial charge in [-0.2, -0.15) is 21.6 Å². The summed E-state index contributed by atoms with van der Waals surface area (Å²) in [6.07, 6.45) is 0.875. The highest BCUT2D eigenvalue weighted by Gasteiger charge is 2.34. The Morgan fingerprint density at radius 3 is 2.37 bits per heavy atom. The molecule has 0 N–H and O–H groups in total. The summed E-state index contributed by atoms with van der Waals surface area (Å²) in [5.41, 5.74) is 0.534. The molecule has 0 radical (unpaired) electrons. The van der Waals surface area contributed by atoms with Gasteiger partial charge in [-0.05, 0) is 55.3 Å². The summed E-state index contributed by atoms with van der Waals surface area (Å²) in [6.45, 7) is 0.735. The lowest BCUT2D eigenvalue weighted by Crippen LogP contribution is -2.39. The van der Waals surface area contributed by atoms with Gasteiger partial charge in [0.15, 0.2) is 0 Å². The van der Waals surface area contributed by atoms with Gasteiger partial charge in [0.25, 0.3) is 5.91 Å². The monoisotopic (exact) mass is 527 g/mol. The van der Waals surface area contributed by atoms with E-state index in [-0.39, 0.29) is 17.4 Å². The van der Waals surface area contributed by atoms with Crippen molar-refractivity contribution in [1.82, 2.24) is 14.5 Å². The Morgan fingerprint density at radius 2 is 1.77 bits per heavy atom. The molecule has 2 aromatic carbocycles. The summed E-state index contributed by atoms with van der Waals surface area (Å²) in [6, 6.07) is 9.77. The predicted octanol–water partition coefficient (Wildman–Crippen LogP) is 5.04. The second kappa shape index (κ2) is 9.54. The van der Waals surface area contributed by atoms with E-state index in [4.69, 9.17) is 15.8 Å². The van der Waals surface area contributed by atoms with Gasteiger partial charge in [-0.25, -0.2) is 4.98 Å². The topological polar surface area (TPSA) is 81.5 Å². The number of carbonyl (C=O) groups excluding carboxylic acids is 1. The summed E-state index contributed by atoms with van der Waals surface area (Å²) >= 11 is 5.66. The Balaban J connectivity index is 1.45. The van der Waals surface area contributed by atoms with E-state index >= 15 is 0 Å². The first-order valence-corrected chi connectivity index (χ1v) is 12.8. The normalized spacial score (nSPS) is 15.3. The van der Waals surface area contributed by atoms with Gasteiger partial charge in [-0.3, -0.25) is 4.79 Å². The minimum Gasteiger partial charge on any atom is -0.383 e. The molecule has 186 valence electrons. The van der Waals surface area contributed by atoms with Crippen LogP contribution in [0.4, 0.5) is 13.2 Å². The highest BCUT2D eigenvalue weighted by molar-refractivity contribution is 7.86. The first-order chi connectivity index (χ1) is 16.4. The number of likely N-dealkylation sites (tertiary alicyclic amines) is 1. The van der Waals surface area contributed by atoms with E-state index in [1.165, 1.54) is 11.0 Å². The average molecular weight is 528 g/mol. The lowest BCUT2D eigenvalue weighted by molar-refractivity contribution is -0.137. The molecule has 1 amide bonds. The van der Waals surface area contributed by atoms with Crippen molar-refractivity contribution in [3.8, 4) is 17.0 Å². The smallest absolute Gasteiger partial charge is 0.383 e. The molecule has 0 bridgehead atoms. The summed E-state index contributed by atoms with van der Waals surface area (Å²) < 4.78 is 68.9. The Hall–Kier alpha value is -3.05. The Labute approximate surface area is 205 Å². The molecule has 35 heavy (non-hydrogen) atoms. The number of halogens is 4. The standard InChI is InChI=1S/C23H21ClF3N3O4S/c1-35(32,33)34-18-5-2-15(3-6-18)21-13-28-14-30(21)17-8-10-29(11-9-17)22(31)16-4-7-20(24)19(12-16)23(25,26)27/h2-7,12-14,17H,8-11H2,1H3. The van der Waals surface area contributed by atoms with Gasteiger partial charge in [-0.1, -0.05) is 11.6 Å². The van der Waals surface area contributed by atoms with Gasteiger partial charge in [-0.15, -0.1) is 0 Å². The number of imidazole rings is 1. The molecule has 0 aliphatic carbocycles. The Bertz CT molecular complexity index is 1330. The van der Waals surface area contributed by atoms with Crippen LogP contribution in [0.2, 0.25) is 5.02 Å². The molecule has 4 rings (SSSR count). The van der Waals surface area contributed by atoms with E-state index in [0.717, 1.165) is 29.6 Å². The van der Waals surface area contributed by atoms with Crippen molar-refractivity contribution in [2.75, 3.05) is 19.3 Å². The number of piperidine rings is 1. The van der Waals surface area contributed by atoms with Gasteiger partial charge >= 0.3 is 16.3 Å². The van der Waals surface area contributed by atoms with Gasteiger partial charge in [0.2, 0.25) is 0 Å². The zero-order chi connectivity index (χ0) is 25.4. The molecule has 1 fully saturated rings. The predicted molar refractivity (Wildman–Crippen MR) is 124 cm³/mol. The van der Waals surface area contributed by atoms with Crippen LogP contribution in [0.25, 0.3) is 11.3 Å². The van der Waals surface area contributed by atoms with Crippen LogP contribution in [0.5, 0.6) is 5.75 Å². The van der Waals surface area contributed by atoms with Crippen molar-refractivity contribution in [3.63, 3.8) is 0 Å². The molecular weight excluding hydrogens is 507 g/mol. The van der Waals surface area contributed by atoms with Crippen LogP contribution < -0.4 is 4.18 Å². The van der Waals surface area contributed by atoms with Crippen molar-refractivity contribution in [2.24, 2.45) is 0 Å². The fourth-order valence-electron chi connectivity index (χ4n) is 4.08. The summed E-state index contributed by atoms with van der Waals surface area (Å²) in [5, 5.41) is -0.448. The van der Waals surface area contributed by atoms with Crippen molar-refractivity contribution in [3.05, 3.63) is 71.1 Å². The number of hydrogen-bond donors (Lipinski definition) is 0. The quantitative estimate of drug-likeness (QED) is 0.434. The maximum atomic E-state index is 13.2. The Kier molecular flexibility index (Phi) is 6.83.